The molecule has 3 rings (SSSR count). The number of ether oxygens (including phenoxy) is 1. The first-order valence-corrected chi connectivity index (χ1v) is 7.47. The number of hydrogen-bond acceptors (Lipinski definition) is 4. The molecule has 24 heavy (non-hydrogen) atoms. The van der Waals surface area contributed by atoms with E-state index in [1.54, 1.807) is 22.8 Å². The molecular weight excluding hydrogens is 320 g/mol. The van der Waals surface area contributed by atoms with Gasteiger partial charge in [0.1, 0.15) is 12.4 Å². The topological polar surface area (TPSA) is 72.3 Å². The standard InChI is InChI=1S/C15H17F2N5O2/c1-21-9-19-20-14(21)13-8-22(4-5-24-13)15(23)18-7-10-2-3-11(16)12(17)6-10/h2-3,6,9,13H,4-5,7-8H2,1H3,(H,18,23)/t13-/m1/s1. The zero-order valence-electron chi connectivity index (χ0n) is 13.1. The largest absolute Gasteiger partial charge is 0.366 e. The first-order valence-electron chi connectivity index (χ1n) is 7.47. The van der Waals surface area contributed by atoms with Gasteiger partial charge in [-0.25, -0.2) is 13.6 Å². The molecule has 9 heteroatoms. The van der Waals surface area contributed by atoms with E-state index in [9.17, 15) is 13.6 Å². The second-order valence-corrected chi connectivity index (χ2v) is 5.51. The number of nitrogens with zero attached hydrogens (tertiary/aromatic N) is 4. The molecule has 0 saturated carbocycles. The van der Waals surface area contributed by atoms with E-state index in [1.165, 1.54) is 6.07 Å². The smallest absolute Gasteiger partial charge is 0.317 e. The third kappa shape index (κ3) is 3.51. The number of nitrogens with one attached hydrogen (secondary N) is 1. The van der Waals surface area contributed by atoms with Crippen LogP contribution in [0.5, 0.6) is 0 Å². The van der Waals surface area contributed by atoms with Gasteiger partial charge in [0.05, 0.1) is 13.2 Å². The molecule has 1 aromatic carbocycles. The van der Waals surface area contributed by atoms with Gasteiger partial charge in [-0.2, -0.15) is 0 Å². The quantitative estimate of drug-likeness (QED) is 0.918. The SMILES string of the molecule is Cn1cnnc1[C@H]1CN(C(=O)NCc2ccc(F)c(F)c2)CCO1. The highest BCUT2D eigenvalue weighted by Crippen LogP contribution is 2.19. The Labute approximate surface area is 137 Å². The summed E-state index contributed by atoms with van der Waals surface area (Å²) >= 11 is 0. The normalized spacial score (nSPS) is 17.8. The van der Waals surface area contributed by atoms with Crippen molar-refractivity contribution < 1.29 is 18.3 Å². The van der Waals surface area contributed by atoms with Gasteiger partial charge in [-0.3, -0.25) is 0 Å². The summed E-state index contributed by atoms with van der Waals surface area (Å²) in [4.78, 5) is 13.9. The summed E-state index contributed by atoms with van der Waals surface area (Å²) in [6, 6.07) is 3.24. The predicted molar refractivity (Wildman–Crippen MR) is 79.9 cm³/mol. The monoisotopic (exact) mass is 337 g/mol. The molecule has 1 saturated heterocycles. The number of amides is 2. The number of morpholine rings is 1. The molecule has 128 valence electrons. The molecule has 1 aliphatic heterocycles. The van der Waals surface area contributed by atoms with Gasteiger partial charge in [0.25, 0.3) is 0 Å². The molecular formula is C15H17F2N5O2. The number of rotatable bonds is 3. The first kappa shape index (κ1) is 16.3. The average Bonchev–Trinajstić information content (AvgIpc) is 3.02. The van der Waals surface area contributed by atoms with Crippen LogP contribution in [0.1, 0.15) is 17.5 Å². The third-order valence-corrected chi connectivity index (χ3v) is 3.82. The minimum Gasteiger partial charge on any atom is -0.366 e. The summed E-state index contributed by atoms with van der Waals surface area (Å²) in [5.74, 6) is -1.20. The number of hydrogen-bond donors (Lipinski definition) is 1. The van der Waals surface area contributed by atoms with Gasteiger partial charge in [-0.15, -0.1) is 10.2 Å². The molecule has 1 N–H and O–H groups in total. The summed E-state index contributed by atoms with van der Waals surface area (Å²) in [7, 11) is 1.81. The summed E-state index contributed by atoms with van der Waals surface area (Å²) < 4.78 is 33.5. The van der Waals surface area contributed by atoms with Crippen molar-refractivity contribution in [2.24, 2.45) is 7.05 Å². The lowest BCUT2D eigenvalue weighted by molar-refractivity contribution is -0.0214. The van der Waals surface area contributed by atoms with E-state index < -0.39 is 11.6 Å². The number of aryl methyl sites for hydroxylation is 1. The Morgan fingerprint density at radius 3 is 2.96 bits per heavy atom. The fraction of sp³-hybridized carbons (Fsp3) is 0.400. The molecule has 1 atom stereocenters. The second kappa shape index (κ2) is 6.91. The number of carbonyl (C=O) groups excluding carboxylic acids is 1. The van der Waals surface area contributed by atoms with Crippen LogP contribution in [0, 0.1) is 11.6 Å². The molecule has 2 heterocycles. The minimum atomic E-state index is -0.935. The van der Waals surface area contributed by atoms with Gasteiger partial charge in [-0.1, -0.05) is 6.07 Å². The van der Waals surface area contributed by atoms with Crippen LogP contribution in [-0.2, 0) is 18.3 Å². The van der Waals surface area contributed by atoms with E-state index in [-0.39, 0.29) is 18.7 Å². The highest BCUT2D eigenvalue weighted by Gasteiger charge is 2.28. The van der Waals surface area contributed by atoms with Crippen LogP contribution in [0.15, 0.2) is 24.5 Å². The van der Waals surface area contributed by atoms with Crippen LogP contribution in [0.3, 0.4) is 0 Å². The molecule has 0 aliphatic carbocycles. The second-order valence-electron chi connectivity index (χ2n) is 5.51. The molecule has 0 spiro atoms. The van der Waals surface area contributed by atoms with Gasteiger partial charge in [0, 0.05) is 20.1 Å². The number of carbonyl (C=O) groups is 1. The van der Waals surface area contributed by atoms with E-state index in [4.69, 9.17) is 4.74 Å². The van der Waals surface area contributed by atoms with Crippen molar-refractivity contribution in [2.75, 3.05) is 19.7 Å². The Hall–Kier alpha value is -2.55. The minimum absolute atomic E-state index is 0.113. The van der Waals surface area contributed by atoms with Crippen LogP contribution >= 0.6 is 0 Å². The lowest BCUT2D eigenvalue weighted by Crippen LogP contribution is -2.47. The van der Waals surface area contributed by atoms with Gasteiger partial charge in [0.2, 0.25) is 0 Å². The maximum absolute atomic E-state index is 13.2. The van der Waals surface area contributed by atoms with Crippen molar-refractivity contribution in [1.29, 1.82) is 0 Å². The fourth-order valence-electron chi connectivity index (χ4n) is 2.51. The van der Waals surface area contributed by atoms with E-state index in [2.05, 4.69) is 15.5 Å². The summed E-state index contributed by atoms with van der Waals surface area (Å²) in [5, 5.41) is 10.5. The number of halogens is 2. The van der Waals surface area contributed by atoms with Crippen LogP contribution in [0.2, 0.25) is 0 Å². The van der Waals surface area contributed by atoms with Crippen LogP contribution in [0.25, 0.3) is 0 Å². The van der Waals surface area contributed by atoms with Crippen molar-refractivity contribution in [1.82, 2.24) is 25.0 Å². The van der Waals surface area contributed by atoms with Crippen molar-refractivity contribution in [3.63, 3.8) is 0 Å². The maximum Gasteiger partial charge on any atom is 0.317 e. The molecule has 7 nitrogen and oxygen atoms in total. The lowest BCUT2D eigenvalue weighted by Gasteiger charge is -2.32. The summed E-state index contributed by atoms with van der Waals surface area (Å²) in [5.41, 5.74) is 0.486. The molecule has 0 radical (unpaired) electrons. The Balaban J connectivity index is 1.58. The third-order valence-electron chi connectivity index (χ3n) is 3.82. The van der Waals surface area contributed by atoms with Crippen LogP contribution in [-0.4, -0.2) is 45.4 Å². The fourth-order valence-corrected chi connectivity index (χ4v) is 2.51. The van der Waals surface area contributed by atoms with Crippen LogP contribution < -0.4 is 5.32 Å². The predicted octanol–water partition coefficient (Wildman–Crippen LogP) is 1.38. The highest BCUT2D eigenvalue weighted by molar-refractivity contribution is 5.74. The molecule has 2 aromatic rings. The van der Waals surface area contributed by atoms with E-state index >= 15 is 0 Å². The van der Waals surface area contributed by atoms with Gasteiger partial charge in [0.15, 0.2) is 17.5 Å². The average molecular weight is 337 g/mol. The van der Waals surface area contributed by atoms with Gasteiger partial charge >= 0.3 is 6.03 Å². The van der Waals surface area contributed by atoms with Crippen molar-refractivity contribution >= 4 is 6.03 Å². The number of urea groups is 1. The first-order chi connectivity index (χ1) is 11.5. The Kier molecular flexibility index (Phi) is 4.70. The Morgan fingerprint density at radius 1 is 1.42 bits per heavy atom. The van der Waals surface area contributed by atoms with Crippen molar-refractivity contribution in [3.05, 3.63) is 47.5 Å². The number of aromatic nitrogens is 3. The molecule has 0 bridgehead atoms. The molecule has 1 aliphatic rings. The van der Waals surface area contributed by atoms with Gasteiger partial charge in [-0.05, 0) is 17.7 Å². The van der Waals surface area contributed by atoms with E-state index in [0.717, 1.165) is 12.1 Å². The highest BCUT2D eigenvalue weighted by atomic mass is 19.2. The van der Waals surface area contributed by atoms with E-state index in [1.807, 2.05) is 0 Å². The van der Waals surface area contributed by atoms with Crippen LogP contribution in [0.4, 0.5) is 13.6 Å². The van der Waals surface area contributed by atoms with Crippen molar-refractivity contribution in [3.8, 4) is 0 Å². The maximum atomic E-state index is 13.2. The zero-order valence-corrected chi connectivity index (χ0v) is 13.1. The number of benzene rings is 1. The van der Waals surface area contributed by atoms with Gasteiger partial charge < -0.3 is 19.5 Å². The summed E-state index contributed by atoms with van der Waals surface area (Å²) in [6.45, 7) is 1.28. The summed E-state index contributed by atoms with van der Waals surface area (Å²) in [6.07, 6.45) is 1.22. The molecule has 1 fully saturated rings. The molecule has 2 amide bonds. The Bertz CT molecular complexity index is 736. The molecule has 1 aromatic heterocycles. The van der Waals surface area contributed by atoms with E-state index in [0.29, 0.717) is 31.1 Å². The zero-order chi connectivity index (χ0) is 17.1. The van der Waals surface area contributed by atoms with Crippen molar-refractivity contribution in [2.45, 2.75) is 12.6 Å². The molecule has 0 unspecified atom stereocenters. The Morgan fingerprint density at radius 2 is 2.25 bits per heavy atom. The lowest BCUT2D eigenvalue weighted by atomic mass is 10.2.